The highest BCUT2D eigenvalue weighted by Gasteiger charge is 2.27. The molecule has 0 bridgehead atoms. The monoisotopic (exact) mass is 432 g/mol. The van der Waals surface area contributed by atoms with Crippen LogP contribution in [0.4, 0.5) is 13.6 Å². The van der Waals surface area contributed by atoms with Crippen molar-refractivity contribution in [2.45, 2.75) is 56.8 Å². The first kappa shape index (κ1) is 26.2. The van der Waals surface area contributed by atoms with Crippen LogP contribution in [0.1, 0.15) is 31.2 Å². The lowest BCUT2D eigenvalue weighted by Crippen LogP contribution is -2.32. The molecule has 0 aliphatic carbocycles. The van der Waals surface area contributed by atoms with Crippen LogP contribution in [0.25, 0.3) is 0 Å². The van der Waals surface area contributed by atoms with E-state index in [4.69, 9.17) is 14.9 Å². The number of hydrogen-bond acceptors (Lipinski definition) is 6. The first-order chi connectivity index (χ1) is 14.5. The van der Waals surface area contributed by atoms with E-state index in [1.807, 2.05) is 30.3 Å². The summed E-state index contributed by atoms with van der Waals surface area (Å²) in [4.78, 5) is 13.3. The van der Waals surface area contributed by atoms with Gasteiger partial charge in [-0.25, -0.2) is 13.6 Å². The molecular weight excluding hydrogens is 398 g/mol. The summed E-state index contributed by atoms with van der Waals surface area (Å²) in [5.74, 6) is 0. The van der Waals surface area contributed by atoms with Crippen LogP contribution in [-0.2, 0) is 11.3 Å². The van der Waals surface area contributed by atoms with Gasteiger partial charge in [0.1, 0.15) is 19.0 Å². The molecule has 2 aliphatic rings. The van der Waals surface area contributed by atoms with Crippen LogP contribution in [0.15, 0.2) is 30.3 Å². The minimum absolute atomic E-state index is 0.154. The molecule has 3 rings (SSSR count). The van der Waals surface area contributed by atoms with Gasteiger partial charge >= 0.3 is 6.09 Å². The summed E-state index contributed by atoms with van der Waals surface area (Å²) < 4.78 is 31.0. The number of aliphatic hydroxyl groups excluding tert-OH is 3. The summed E-state index contributed by atoms with van der Waals surface area (Å²) in [5, 5.41) is 28.4. The molecule has 7 nitrogen and oxygen atoms in total. The maximum Gasteiger partial charge on any atom is 0.410 e. The lowest BCUT2D eigenvalue weighted by Gasteiger charge is -2.19. The summed E-state index contributed by atoms with van der Waals surface area (Å²) in [7, 11) is 1.00. The molecule has 0 spiro atoms. The number of likely N-dealkylation sites (tertiary alicyclic amines) is 1. The van der Waals surface area contributed by atoms with Crippen LogP contribution < -0.4 is 5.32 Å². The molecule has 1 aromatic rings. The fraction of sp³-hybridized carbons (Fsp3) is 0.667. The van der Waals surface area contributed by atoms with E-state index in [-0.39, 0.29) is 26.0 Å². The first-order valence-corrected chi connectivity index (χ1v) is 10.2. The molecule has 30 heavy (non-hydrogen) atoms. The highest BCUT2D eigenvalue weighted by molar-refractivity contribution is 5.67. The summed E-state index contributed by atoms with van der Waals surface area (Å²) in [5.41, 5.74) is 0.911. The molecule has 0 unspecified atom stereocenters. The Kier molecular flexibility index (Phi) is 13.2. The standard InChI is InChI=1S/C14H18FNO3.C6H12FNO.CH4O/c15-12-6-8-16(9-7-13(12)17)14(18)19-10-11-4-2-1-3-5-11;7-5-1-3-8-4-2-6(5)9;1-2/h1-5,12-13,17H,6-10H2;5-6,8-9H,1-4H2;2H,1H3/t12-,13-;5-,6-;/m00./s1. The van der Waals surface area contributed by atoms with Crippen molar-refractivity contribution in [3.05, 3.63) is 35.9 Å². The number of benzene rings is 1. The van der Waals surface area contributed by atoms with Gasteiger partial charge in [-0.05, 0) is 44.3 Å². The van der Waals surface area contributed by atoms with Gasteiger partial charge in [0.2, 0.25) is 0 Å². The summed E-state index contributed by atoms with van der Waals surface area (Å²) in [6.07, 6.45) is -3.05. The van der Waals surface area contributed by atoms with E-state index in [9.17, 15) is 18.7 Å². The van der Waals surface area contributed by atoms with E-state index in [0.717, 1.165) is 19.2 Å². The average molecular weight is 433 g/mol. The highest BCUT2D eigenvalue weighted by atomic mass is 19.1. The normalized spacial score (nSPS) is 26.7. The topological polar surface area (TPSA) is 102 Å². The van der Waals surface area contributed by atoms with Crippen LogP contribution in [0.5, 0.6) is 0 Å². The zero-order valence-corrected chi connectivity index (χ0v) is 17.4. The van der Waals surface area contributed by atoms with Gasteiger partial charge < -0.3 is 30.3 Å². The number of rotatable bonds is 2. The van der Waals surface area contributed by atoms with Gasteiger partial charge in [-0.2, -0.15) is 0 Å². The van der Waals surface area contributed by atoms with Crippen molar-refractivity contribution < 1.29 is 33.6 Å². The third kappa shape index (κ3) is 9.80. The number of nitrogens with zero attached hydrogens (tertiary/aromatic N) is 1. The van der Waals surface area contributed by atoms with E-state index in [2.05, 4.69) is 5.32 Å². The van der Waals surface area contributed by atoms with Gasteiger partial charge in [-0.1, -0.05) is 30.3 Å². The van der Waals surface area contributed by atoms with Crippen molar-refractivity contribution in [2.24, 2.45) is 0 Å². The van der Waals surface area contributed by atoms with Crippen molar-refractivity contribution in [2.75, 3.05) is 33.3 Å². The van der Waals surface area contributed by atoms with Crippen molar-refractivity contribution in [3.63, 3.8) is 0 Å². The van der Waals surface area contributed by atoms with E-state index in [1.54, 1.807) is 0 Å². The average Bonchev–Trinajstić information content (AvgIpc) is 3.07. The Labute approximate surface area is 176 Å². The van der Waals surface area contributed by atoms with Crippen molar-refractivity contribution in [1.29, 1.82) is 0 Å². The molecule has 2 saturated heterocycles. The van der Waals surface area contributed by atoms with E-state index in [0.29, 0.717) is 25.9 Å². The van der Waals surface area contributed by atoms with Crippen LogP contribution in [0, 0.1) is 0 Å². The molecule has 172 valence electrons. The quantitative estimate of drug-likeness (QED) is 0.568. The maximum absolute atomic E-state index is 13.3. The number of alkyl halides is 2. The predicted molar refractivity (Wildman–Crippen MR) is 109 cm³/mol. The molecule has 0 aromatic heterocycles. The molecule has 9 heteroatoms. The van der Waals surface area contributed by atoms with Crippen molar-refractivity contribution >= 4 is 6.09 Å². The zero-order valence-electron chi connectivity index (χ0n) is 17.4. The maximum atomic E-state index is 13.3. The lowest BCUT2D eigenvalue weighted by atomic mass is 10.1. The molecule has 4 N–H and O–H groups in total. The molecule has 1 aromatic carbocycles. The Morgan fingerprint density at radius 2 is 1.57 bits per heavy atom. The predicted octanol–water partition coefficient (Wildman–Crippen LogP) is 1.80. The SMILES string of the molecule is CO.O=C(OCc1ccccc1)N1CC[C@H](O)[C@@H](F)CC1.O[C@H]1CCNCC[C@@H]1F. The van der Waals surface area contributed by atoms with Crippen molar-refractivity contribution in [1.82, 2.24) is 10.2 Å². The fourth-order valence-corrected chi connectivity index (χ4v) is 3.03. The minimum atomic E-state index is -1.26. The van der Waals surface area contributed by atoms with E-state index < -0.39 is 30.6 Å². The number of amides is 1. The molecule has 0 saturated carbocycles. The van der Waals surface area contributed by atoms with Crippen LogP contribution in [-0.4, -0.2) is 84.2 Å². The molecule has 0 radical (unpaired) electrons. The largest absolute Gasteiger partial charge is 0.445 e. The molecule has 2 aliphatic heterocycles. The third-order valence-corrected chi connectivity index (χ3v) is 4.88. The van der Waals surface area contributed by atoms with Gasteiger partial charge in [0.15, 0.2) is 0 Å². The second-order valence-corrected chi connectivity index (χ2v) is 7.10. The van der Waals surface area contributed by atoms with Gasteiger partial charge in [0.05, 0.1) is 12.2 Å². The number of hydrogen-bond donors (Lipinski definition) is 4. The summed E-state index contributed by atoms with van der Waals surface area (Å²) in [6, 6.07) is 9.38. The summed E-state index contributed by atoms with van der Waals surface area (Å²) in [6.45, 7) is 2.25. The third-order valence-electron chi connectivity index (χ3n) is 4.88. The molecule has 2 heterocycles. The molecule has 2 fully saturated rings. The highest BCUT2D eigenvalue weighted by Crippen LogP contribution is 2.16. The lowest BCUT2D eigenvalue weighted by molar-refractivity contribution is 0.0749. The smallest absolute Gasteiger partial charge is 0.410 e. The van der Waals surface area contributed by atoms with Crippen molar-refractivity contribution in [3.8, 4) is 0 Å². The fourth-order valence-electron chi connectivity index (χ4n) is 3.03. The van der Waals surface area contributed by atoms with Crippen LogP contribution in [0.2, 0.25) is 0 Å². The molecule has 1 amide bonds. The Bertz CT molecular complexity index is 560. The van der Waals surface area contributed by atoms with Gasteiger partial charge in [-0.3, -0.25) is 0 Å². The number of carbonyl (C=O) groups is 1. The first-order valence-electron chi connectivity index (χ1n) is 10.2. The van der Waals surface area contributed by atoms with Gasteiger partial charge in [0.25, 0.3) is 0 Å². The number of nitrogens with one attached hydrogen (secondary N) is 1. The minimum Gasteiger partial charge on any atom is -0.445 e. The number of halogens is 2. The zero-order chi connectivity index (χ0) is 22.4. The van der Waals surface area contributed by atoms with Crippen LogP contribution in [0.3, 0.4) is 0 Å². The number of aliphatic hydroxyl groups is 3. The van der Waals surface area contributed by atoms with E-state index >= 15 is 0 Å². The van der Waals surface area contributed by atoms with Gasteiger partial charge in [-0.15, -0.1) is 0 Å². The Balaban J connectivity index is 0.000000342. The second-order valence-electron chi connectivity index (χ2n) is 7.10. The Morgan fingerprint density at radius 3 is 2.27 bits per heavy atom. The van der Waals surface area contributed by atoms with Crippen LogP contribution >= 0.6 is 0 Å². The molecular formula is C21H34F2N2O5. The summed E-state index contributed by atoms with van der Waals surface area (Å²) >= 11 is 0. The van der Waals surface area contributed by atoms with E-state index in [1.165, 1.54) is 4.90 Å². The molecule has 4 atom stereocenters. The number of ether oxygens (including phenoxy) is 1. The Morgan fingerprint density at radius 1 is 1.00 bits per heavy atom. The number of carbonyl (C=O) groups excluding carboxylic acids is 1. The van der Waals surface area contributed by atoms with Gasteiger partial charge in [0, 0.05) is 20.2 Å². The Hall–Kier alpha value is -1.81. The second kappa shape index (κ2) is 15.1.